The van der Waals surface area contributed by atoms with E-state index in [-0.39, 0.29) is 5.91 Å². The highest BCUT2D eigenvalue weighted by Crippen LogP contribution is 2.24. The van der Waals surface area contributed by atoms with Crippen LogP contribution >= 0.6 is 0 Å². The molecule has 2 aliphatic rings. The van der Waals surface area contributed by atoms with Crippen LogP contribution in [0.25, 0.3) is 0 Å². The number of hydrogen-bond donors (Lipinski definition) is 1. The number of fused-ring (bicyclic) bond motifs is 1. The minimum absolute atomic E-state index is 0.209. The van der Waals surface area contributed by atoms with Crippen LogP contribution in [0.2, 0.25) is 0 Å². The largest absolute Gasteiger partial charge is 0.345 e. The fourth-order valence-electron chi connectivity index (χ4n) is 3.45. The average molecular weight is 276 g/mol. The maximum absolute atomic E-state index is 12.5. The van der Waals surface area contributed by atoms with Crippen molar-refractivity contribution in [3.63, 3.8) is 0 Å². The minimum Gasteiger partial charge on any atom is -0.345 e. The lowest BCUT2D eigenvalue weighted by Gasteiger charge is -2.42. The standard InChI is InChI=1S/C15H24N4O/c1-3-12-8-16-14(17-12)7-15(20)19-10-13-5-4-6-18(13)9-11(19)2/h8,11,13H,3-7,9-10H2,1-2H3,(H,16,17). The molecule has 3 heterocycles. The van der Waals surface area contributed by atoms with Crippen molar-refractivity contribution in [2.24, 2.45) is 0 Å². The van der Waals surface area contributed by atoms with Crippen molar-refractivity contribution in [2.45, 2.75) is 51.6 Å². The van der Waals surface area contributed by atoms with Gasteiger partial charge in [-0.15, -0.1) is 0 Å². The molecule has 2 unspecified atom stereocenters. The highest BCUT2D eigenvalue weighted by Gasteiger charge is 2.36. The topological polar surface area (TPSA) is 52.2 Å². The molecule has 110 valence electrons. The Labute approximate surface area is 120 Å². The molecule has 0 saturated carbocycles. The summed E-state index contributed by atoms with van der Waals surface area (Å²) in [6.07, 6.45) is 5.67. The molecule has 5 nitrogen and oxygen atoms in total. The summed E-state index contributed by atoms with van der Waals surface area (Å²) >= 11 is 0. The van der Waals surface area contributed by atoms with Gasteiger partial charge < -0.3 is 9.88 Å². The van der Waals surface area contributed by atoms with Crippen LogP contribution in [0.15, 0.2) is 6.20 Å². The third-order valence-electron chi connectivity index (χ3n) is 4.64. The van der Waals surface area contributed by atoms with Crippen molar-refractivity contribution in [1.82, 2.24) is 19.8 Å². The maximum Gasteiger partial charge on any atom is 0.230 e. The number of carbonyl (C=O) groups excluding carboxylic acids is 1. The molecule has 1 aromatic rings. The number of nitrogens with one attached hydrogen (secondary N) is 1. The predicted octanol–water partition coefficient (Wildman–Crippen LogP) is 1.21. The van der Waals surface area contributed by atoms with Gasteiger partial charge >= 0.3 is 0 Å². The van der Waals surface area contributed by atoms with Gasteiger partial charge in [-0.3, -0.25) is 9.69 Å². The molecule has 2 atom stereocenters. The highest BCUT2D eigenvalue weighted by molar-refractivity contribution is 5.78. The van der Waals surface area contributed by atoms with Crippen LogP contribution in [0, 0.1) is 0 Å². The lowest BCUT2D eigenvalue weighted by atomic mass is 10.1. The normalized spacial score (nSPS) is 26.8. The Bertz CT molecular complexity index is 484. The Morgan fingerprint density at radius 2 is 2.35 bits per heavy atom. The van der Waals surface area contributed by atoms with Crippen LogP contribution < -0.4 is 0 Å². The molecule has 0 spiro atoms. The van der Waals surface area contributed by atoms with Crippen molar-refractivity contribution in [1.29, 1.82) is 0 Å². The van der Waals surface area contributed by atoms with Gasteiger partial charge in [-0.1, -0.05) is 6.92 Å². The third kappa shape index (κ3) is 2.59. The van der Waals surface area contributed by atoms with E-state index in [1.807, 2.05) is 6.20 Å². The van der Waals surface area contributed by atoms with Gasteiger partial charge in [0, 0.05) is 37.1 Å². The SMILES string of the molecule is CCc1cnc(CC(=O)N2CC3CCCN3CC2C)[nH]1. The summed E-state index contributed by atoms with van der Waals surface area (Å²) in [7, 11) is 0. The van der Waals surface area contributed by atoms with Crippen LogP contribution in [0.3, 0.4) is 0 Å². The molecule has 5 heteroatoms. The lowest BCUT2D eigenvalue weighted by molar-refractivity contribution is -0.136. The zero-order chi connectivity index (χ0) is 14.1. The fourth-order valence-corrected chi connectivity index (χ4v) is 3.45. The monoisotopic (exact) mass is 276 g/mol. The van der Waals surface area contributed by atoms with Crippen molar-refractivity contribution in [3.8, 4) is 0 Å². The number of amides is 1. The van der Waals surface area contributed by atoms with Crippen LogP contribution in [0.5, 0.6) is 0 Å². The second kappa shape index (κ2) is 5.56. The predicted molar refractivity (Wildman–Crippen MR) is 77.4 cm³/mol. The van der Waals surface area contributed by atoms with Gasteiger partial charge in [0.05, 0.1) is 6.42 Å². The average Bonchev–Trinajstić information content (AvgIpc) is 3.05. The van der Waals surface area contributed by atoms with E-state index in [0.717, 1.165) is 31.0 Å². The minimum atomic E-state index is 0.209. The molecule has 20 heavy (non-hydrogen) atoms. The molecule has 1 N–H and O–H groups in total. The van der Waals surface area contributed by atoms with Gasteiger partial charge in [-0.2, -0.15) is 0 Å². The molecular weight excluding hydrogens is 252 g/mol. The molecule has 0 radical (unpaired) electrons. The lowest BCUT2D eigenvalue weighted by Crippen LogP contribution is -2.57. The van der Waals surface area contributed by atoms with E-state index >= 15 is 0 Å². The second-order valence-electron chi connectivity index (χ2n) is 6.07. The molecule has 0 aromatic carbocycles. The Balaban J connectivity index is 1.64. The summed E-state index contributed by atoms with van der Waals surface area (Å²) in [4.78, 5) is 24.6. The van der Waals surface area contributed by atoms with E-state index in [0.29, 0.717) is 18.5 Å². The molecular formula is C15H24N4O. The van der Waals surface area contributed by atoms with Crippen molar-refractivity contribution in [2.75, 3.05) is 19.6 Å². The summed E-state index contributed by atoms with van der Waals surface area (Å²) in [5.41, 5.74) is 1.10. The van der Waals surface area contributed by atoms with Crippen molar-refractivity contribution >= 4 is 5.91 Å². The quantitative estimate of drug-likeness (QED) is 0.903. The first-order valence-electron chi connectivity index (χ1n) is 7.73. The summed E-state index contributed by atoms with van der Waals surface area (Å²) < 4.78 is 0. The zero-order valence-corrected chi connectivity index (χ0v) is 12.4. The van der Waals surface area contributed by atoms with Crippen molar-refractivity contribution in [3.05, 3.63) is 17.7 Å². The smallest absolute Gasteiger partial charge is 0.230 e. The van der Waals surface area contributed by atoms with E-state index in [2.05, 4.69) is 33.6 Å². The molecule has 1 aromatic heterocycles. The van der Waals surface area contributed by atoms with E-state index in [1.54, 1.807) is 0 Å². The van der Waals surface area contributed by atoms with Crippen LogP contribution in [0.4, 0.5) is 0 Å². The van der Waals surface area contributed by atoms with Crippen LogP contribution in [0.1, 0.15) is 38.2 Å². The third-order valence-corrected chi connectivity index (χ3v) is 4.64. The molecule has 1 amide bonds. The van der Waals surface area contributed by atoms with Gasteiger partial charge in [-0.25, -0.2) is 4.98 Å². The van der Waals surface area contributed by atoms with E-state index in [1.165, 1.54) is 19.4 Å². The van der Waals surface area contributed by atoms with Crippen LogP contribution in [-0.4, -0.2) is 57.4 Å². The molecule has 2 aliphatic heterocycles. The van der Waals surface area contributed by atoms with E-state index in [4.69, 9.17) is 0 Å². The molecule has 0 bridgehead atoms. The second-order valence-corrected chi connectivity index (χ2v) is 6.07. The van der Waals surface area contributed by atoms with Crippen LogP contribution in [-0.2, 0) is 17.6 Å². The van der Waals surface area contributed by atoms with Gasteiger partial charge in [0.1, 0.15) is 5.82 Å². The Kier molecular flexibility index (Phi) is 3.78. The number of piperazine rings is 1. The van der Waals surface area contributed by atoms with Gasteiger partial charge in [0.2, 0.25) is 5.91 Å². The molecule has 0 aliphatic carbocycles. The number of aryl methyl sites for hydroxylation is 1. The molecule has 3 rings (SSSR count). The number of imidazole rings is 1. The van der Waals surface area contributed by atoms with E-state index in [9.17, 15) is 4.79 Å². The fraction of sp³-hybridized carbons (Fsp3) is 0.733. The number of aromatic amines is 1. The van der Waals surface area contributed by atoms with Gasteiger partial charge in [0.15, 0.2) is 0 Å². The number of nitrogens with zero attached hydrogens (tertiary/aromatic N) is 3. The summed E-state index contributed by atoms with van der Waals surface area (Å²) in [6, 6.07) is 0.899. The summed E-state index contributed by atoms with van der Waals surface area (Å²) in [5, 5.41) is 0. The summed E-state index contributed by atoms with van der Waals surface area (Å²) in [6.45, 7) is 7.36. The zero-order valence-electron chi connectivity index (χ0n) is 12.4. The number of H-pyrrole nitrogens is 1. The molecule has 2 saturated heterocycles. The maximum atomic E-state index is 12.5. The van der Waals surface area contributed by atoms with E-state index < -0.39 is 0 Å². The number of aromatic nitrogens is 2. The Morgan fingerprint density at radius 1 is 1.50 bits per heavy atom. The van der Waals surface area contributed by atoms with Gasteiger partial charge in [-0.05, 0) is 32.7 Å². The summed E-state index contributed by atoms with van der Waals surface area (Å²) in [5.74, 6) is 1.01. The number of rotatable bonds is 3. The Hall–Kier alpha value is -1.36. The first kappa shape index (κ1) is 13.6. The van der Waals surface area contributed by atoms with Gasteiger partial charge in [0.25, 0.3) is 0 Å². The number of hydrogen-bond acceptors (Lipinski definition) is 3. The Morgan fingerprint density at radius 3 is 3.10 bits per heavy atom. The number of carbonyl (C=O) groups is 1. The first-order chi connectivity index (χ1) is 9.67. The first-order valence-corrected chi connectivity index (χ1v) is 7.73. The van der Waals surface area contributed by atoms with Crippen molar-refractivity contribution < 1.29 is 4.79 Å². The highest BCUT2D eigenvalue weighted by atomic mass is 16.2. The molecule has 2 fully saturated rings.